The number of hydrogen-bond donors (Lipinski definition) is 1. The fraction of sp³-hybridized carbons (Fsp3) is 0.400. The predicted molar refractivity (Wildman–Crippen MR) is 155 cm³/mol. The lowest BCUT2D eigenvalue weighted by Gasteiger charge is -2.41. The Balaban J connectivity index is 1.28. The Morgan fingerprint density at radius 3 is 2.51 bits per heavy atom. The van der Waals surface area contributed by atoms with Crippen molar-refractivity contribution in [2.24, 2.45) is 0 Å². The van der Waals surface area contributed by atoms with Gasteiger partial charge in [-0.15, -0.1) is 0 Å². The zero-order valence-corrected chi connectivity index (χ0v) is 24.8. The van der Waals surface area contributed by atoms with E-state index in [2.05, 4.69) is 14.7 Å². The Kier molecular flexibility index (Phi) is 6.42. The first-order valence-corrected chi connectivity index (χ1v) is 15.1. The summed E-state index contributed by atoms with van der Waals surface area (Å²) in [6, 6.07) is 9.75. The molecule has 43 heavy (non-hydrogen) atoms. The monoisotopic (exact) mass is 608 g/mol. The molecule has 224 valence electrons. The molecular formula is C30H30F2N6O4S. The van der Waals surface area contributed by atoms with Gasteiger partial charge in [-0.2, -0.15) is 8.78 Å². The number of benzene rings is 2. The van der Waals surface area contributed by atoms with Gasteiger partial charge in [-0.1, -0.05) is 12.1 Å². The maximum atomic E-state index is 13.4. The quantitative estimate of drug-likeness (QED) is 0.343. The van der Waals surface area contributed by atoms with Gasteiger partial charge in [0.1, 0.15) is 17.1 Å². The van der Waals surface area contributed by atoms with Crippen LogP contribution in [0.2, 0.25) is 0 Å². The number of carbonyl (C=O) groups is 1. The topological polar surface area (TPSA) is 111 Å². The number of imidazole rings is 1. The second kappa shape index (κ2) is 9.86. The lowest BCUT2D eigenvalue weighted by molar-refractivity contribution is -0.0704. The third-order valence-corrected chi connectivity index (χ3v) is 10.0. The van der Waals surface area contributed by atoms with Crippen molar-refractivity contribution < 1.29 is 27.3 Å². The molecule has 3 aliphatic heterocycles. The van der Waals surface area contributed by atoms with Crippen molar-refractivity contribution in [1.29, 1.82) is 0 Å². The van der Waals surface area contributed by atoms with Gasteiger partial charge >= 0.3 is 6.61 Å². The molecule has 13 heteroatoms. The first-order valence-electron chi connectivity index (χ1n) is 13.9. The van der Waals surface area contributed by atoms with E-state index in [1.165, 1.54) is 6.07 Å². The molecule has 3 aliphatic rings. The minimum absolute atomic E-state index is 0.00959. The Hall–Kier alpha value is -3.81. The Labute approximate surface area is 249 Å². The van der Waals surface area contributed by atoms with E-state index in [0.29, 0.717) is 42.4 Å². The van der Waals surface area contributed by atoms with Crippen molar-refractivity contribution in [3.05, 3.63) is 71.6 Å². The van der Waals surface area contributed by atoms with E-state index < -0.39 is 33.9 Å². The van der Waals surface area contributed by atoms with Gasteiger partial charge in [-0.25, -0.2) is 23.9 Å². The summed E-state index contributed by atoms with van der Waals surface area (Å²) in [5, 5.41) is 0. The van der Waals surface area contributed by atoms with Crippen LogP contribution in [0.15, 0.2) is 48.8 Å². The smallest absolute Gasteiger partial charge is 0.387 e. The fourth-order valence-electron chi connectivity index (χ4n) is 6.05. The van der Waals surface area contributed by atoms with Crippen molar-refractivity contribution in [2.45, 2.75) is 56.2 Å². The van der Waals surface area contributed by atoms with Crippen LogP contribution in [-0.4, -0.2) is 66.2 Å². The fourth-order valence-corrected chi connectivity index (χ4v) is 6.92. The molecule has 10 nitrogen and oxygen atoms in total. The molecule has 0 spiro atoms. The number of ether oxygens (including phenoxy) is 2. The van der Waals surface area contributed by atoms with Gasteiger partial charge in [0.25, 0.3) is 5.91 Å². The number of aromatic nitrogens is 4. The molecular weight excluding hydrogens is 578 g/mol. The number of hydrogen-bond acceptors (Lipinski definition) is 7. The lowest BCUT2D eigenvalue weighted by atomic mass is 9.97. The van der Waals surface area contributed by atoms with Crippen molar-refractivity contribution >= 4 is 27.9 Å². The Morgan fingerprint density at radius 2 is 1.86 bits per heavy atom. The SMILES string of the molecule is CN1C(=O)c2cccc(OC(F)F)c2[C@H]2C[C@@H]1c1nc3ccc(-c4cnc(C5(NS(=O)C(C)(C)C)COC5)nc4)cc3n12. The van der Waals surface area contributed by atoms with E-state index in [9.17, 15) is 17.8 Å². The average molecular weight is 609 g/mol. The van der Waals surface area contributed by atoms with Crippen molar-refractivity contribution in [2.75, 3.05) is 20.3 Å². The highest BCUT2D eigenvalue weighted by molar-refractivity contribution is 7.84. The Bertz CT molecular complexity index is 1780. The van der Waals surface area contributed by atoms with E-state index in [1.807, 2.05) is 43.5 Å². The highest BCUT2D eigenvalue weighted by Crippen LogP contribution is 2.50. The molecule has 2 aromatic heterocycles. The van der Waals surface area contributed by atoms with Gasteiger partial charge < -0.3 is 18.9 Å². The van der Waals surface area contributed by atoms with Crippen LogP contribution in [-0.2, 0) is 21.3 Å². The first-order chi connectivity index (χ1) is 20.5. The summed E-state index contributed by atoms with van der Waals surface area (Å²) < 4.78 is 54.7. The van der Waals surface area contributed by atoms with Crippen LogP contribution in [0.3, 0.4) is 0 Å². The van der Waals surface area contributed by atoms with E-state index >= 15 is 0 Å². The van der Waals surface area contributed by atoms with E-state index in [0.717, 1.165) is 22.2 Å². The summed E-state index contributed by atoms with van der Waals surface area (Å²) in [5.74, 6) is 0.938. The number of rotatable bonds is 6. The molecule has 1 unspecified atom stereocenters. The molecule has 7 rings (SSSR count). The molecule has 1 saturated heterocycles. The van der Waals surface area contributed by atoms with Gasteiger partial charge in [-0.05, 0) is 50.6 Å². The van der Waals surface area contributed by atoms with Crippen LogP contribution in [0.5, 0.6) is 5.75 Å². The van der Waals surface area contributed by atoms with E-state index in [1.54, 1.807) is 36.5 Å². The number of nitrogens with zero attached hydrogens (tertiary/aromatic N) is 5. The minimum Gasteiger partial charge on any atom is -0.434 e. The second-order valence-corrected chi connectivity index (χ2v) is 14.1. The molecule has 5 heterocycles. The maximum Gasteiger partial charge on any atom is 0.387 e. The zero-order chi connectivity index (χ0) is 30.3. The minimum atomic E-state index is -3.03. The molecule has 2 bridgehead atoms. The van der Waals surface area contributed by atoms with Crippen LogP contribution >= 0.6 is 0 Å². The number of alkyl halides is 2. The average Bonchev–Trinajstić information content (AvgIpc) is 3.47. The highest BCUT2D eigenvalue weighted by atomic mass is 32.2. The number of carbonyl (C=O) groups excluding carboxylic acids is 1. The number of nitrogens with one attached hydrogen (secondary N) is 1. The molecule has 2 aromatic carbocycles. The van der Waals surface area contributed by atoms with Crippen LogP contribution in [0.4, 0.5) is 8.78 Å². The second-order valence-electron chi connectivity index (χ2n) is 12.2. The van der Waals surface area contributed by atoms with Gasteiger partial charge in [0, 0.05) is 42.6 Å². The van der Waals surface area contributed by atoms with Gasteiger partial charge in [-0.3, -0.25) is 4.79 Å². The van der Waals surface area contributed by atoms with Crippen LogP contribution in [0.1, 0.15) is 66.8 Å². The van der Waals surface area contributed by atoms with Gasteiger partial charge in [0.15, 0.2) is 5.82 Å². The van der Waals surface area contributed by atoms with Crippen molar-refractivity contribution in [1.82, 2.24) is 29.1 Å². The molecule has 1 fully saturated rings. The van der Waals surface area contributed by atoms with Crippen LogP contribution in [0, 0.1) is 0 Å². The summed E-state index contributed by atoms with van der Waals surface area (Å²) >= 11 is 0. The predicted octanol–water partition coefficient (Wildman–Crippen LogP) is 4.49. The van der Waals surface area contributed by atoms with Crippen molar-refractivity contribution in [3.8, 4) is 16.9 Å². The summed E-state index contributed by atoms with van der Waals surface area (Å²) in [6.07, 6.45) is 3.95. The van der Waals surface area contributed by atoms with Crippen LogP contribution in [0.25, 0.3) is 22.2 Å². The van der Waals surface area contributed by atoms with Gasteiger partial charge in [0.05, 0.1) is 52.1 Å². The highest BCUT2D eigenvalue weighted by Gasteiger charge is 2.47. The van der Waals surface area contributed by atoms with Crippen LogP contribution < -0.4 is 9.46 Å². The number of fused-ring (bicyclic) bond motifs is 9. The van der Waals surface area contributed by atoms with Crippen molar-refractivity contribution in [3.63, 3.8) is 0 Å². The molecule has 3 atom stereocenters. The summed E-state index contributed by atoms with van der Waals surface area (Å²) in [5.41, 5.74) is 3.19. The van der Waals surface area contributed by atoms with E-state index in [-0.39, 0.29) is 17.7 Å². The van der Waals surface area contributed by atoms with Gasteiger partial charge in [0.2, 0.25) is 0 Å². The largest absolute Gasteiger partial charge is 0.434 e. The molecule has 0 saturated carbocycles. The first kappa shape index (κ1) is 28.0. The van der Waals surface area contributed by atoms with E-state index in [4.69, 9.17) is 14.5 Å². The molecule has 0 radical (unpaired) electrons. The third kappa shape index (κ3) is 4.44. The summed E-state index contributed by atoms with van der Waals surface area (Å²) in [4.78, 5) is 29.1. The maximum absolute atomic E-state index is 13.4. The summed E-state index contributed by atoms with van der Waals surface area (Å²) in [6.45, 7) is 3.30. The Morgan fingerprint density at radius 1 is 1.12 bits per heavy atom. The molecule has 0 aliphatic carbocycles. The molecule has 4 aromatic rings. The number of halogens is 2. The standard InChI is InChI=1S/C30H30F2N6O4S/c1-29(2,3)43(40)36-30(14-41-15-30)27-33-12-17(13-34-27)16-8-9-19-20(10-16)38-21-11-22(25(38)35-19)37(4)26(39)18-6-5-7-23(24(18)21)42-28(31)32/h5-10,12-13,21-22,28,36H,11,14-15H2,1-4H3/t21-,22-,43?/m1/s1. The molecule has 1 amide bonds. The lowest BCUT2D eigenvalue weighted by Crippen LogP contribution is -2.60. The number of amides is 1. The summed E-state index contributed by atoms with van der Waals surface area (Å²) in [7, 11) is 0.381. The third-order valence-electron chi connectivity index (χ3n) is 8.36. The molecule has 1 N–H and O–H groups in total. The zero-order valence-electron chi connectivity index (χ0n) is 24.0. The normalized spacial score (nSPS) is 21.4.